The van der Waals surface area contributed by atoms with Crippen molar-refractivity contribution in [1.29, 1.82) is 0 Å². The predicted molar refractivity (Wildman–Crippen MR) is 86.6 cm³/mol. The van der Waals surface area contributed by atoms with Crippen LogP contribution >= 0.6 is 0 Å². The van der Waals surface area contributed by atoms with Gasteiger partial charge in [0.15, 0.2) is 0 Å². The molecule has 2 nitrogen and oxygen atoms in total. The van der Waals surface area contributed by atoms with Crippen molar-refractivity contribution in [2.24, 2.45) is 5.92 Å². The van der Waals surface area contributed by atoms with Crippen molar-refractivity contribution in [2.75, 3.05) is 0 Å². The van der Waals surface area contributed by atoms with Crippen LogP contribution in [0.15, 0.2) is 16.5 Å². The molecule has 1 N–H and O–H groups in total. The molecule has 2 aromatic rings. The lowest BCUT2D eigenvalue weighted by Crippen LogP contribution is -2.16. The molecule has 1 aromatic carbocycles. The first-order valence-electron chi connectivity index (χ1n) is 8.50. The van der Waals surface area contributed by atoms with Gasteiger partial charge in [-0.2, -0.15) is 0 Å². The molecule has 1 fully saturated rings. The van der Waals surface area contributed by atoms with Crippen molar-refractivity contribution in [3.05, 3.63) is 34.6 Å². The van der Waals surface area contributed by atoms with E-state index in [0.29, 0.717) is 5.92 Å². The van der Waals surface area contributed by atoms with Crippen LogP contribution in [0.1, 0.15) is 55.6 Å². The maximum absolute atomic E-state index is 6.24. The van der Waals surface area contributed by atoms with Gasteiger partial charge in [0.25, 0.3) is 0 Å². The Morgan fingerprint density at radius 1 is 1.19 bits per heavy atom. The van der Waals surface area contributed by atoms with E-state index in [9.17, 15) is 0 Å². The van der Waals surface area contributed by atoms with Gasteiger partial charge in [0.1, 0.15) is 11.3 Å². The summed E-state index contributed by atoms with van der Waals surface area (Å²) in [5.41, 5.74) is 5.62. The van der Waals surface area contributed by atoms with E-state index >= 15 is 0 Å². The number of nitrogens with one attached hydrogen (secondary N) is 1. The third-order valence-corrected chi connectivity index (χ3v) is 4.83. The highest BCUT2D eigenvalue weighted by molar-refractivity contribution is 5.84. The lowest BCUT2D eigenvalue weighted by Gasteiger charge is -2.07. The molecule has 0 amide bonds. The van der Waals surface area contributed by atoms with Crippen molar-refractivity contribution < 1.29 is 4.42 Å². The molecule has 0 saturated heterocycles. The fourth-order valence-corrected chi connectivity index (χ4v) is 3.57. The van der Waals surface area contributed by atoms with Gasteiger partial charge in [-0.15, -0.1) is 0 Å². The standard InChI is InChI=1S/C19H25NO/c1-12(2)8-16-17-9-13-4-3-5-14(13)10-18(17)21-19(16)11-20-15-6-7-15/h9-10,12,15,20H,3-8,11H2,1-2H3. The van der Waals surface area contributed by atoms with Gasteiger partial charge in [0.05, 0.1) is 6.54 Å². The Labute approximate surface area is 126 Å². The first kappa shape index (κ1) is 13.4. The molecule has 112 valence electrons. The third kappa shape index (κ3) is 2.62. The topological polar surface area (TPSA) is 25.2 Å². The second kappa shape index (κ2) is 5.17. The van der Waals surface area contributed by atoms with E-state index in [2.05, 4.69) is 31.3 Å². The summed E-state index contributed by atoms with van der Waals surface area (Å²) in [6.07, 6.45) is 7.54. The molecule has 4 rings (SSSR count). The minimum atomic E-state index is 0.665. The minimum absolute atomic E-state index is 0.665. The Morgan fingerprint density at radius 3 is 2.67 bits per heavy atom. The van der Waals surface area contributed by atoms with Crippen LogP contribution in [-0.4, -0.2) is 6.04 Å². The van der Waals surface area contributed by atoms with Gasteiger partial charge in [-0.3, -0.25) is 0 Å². The molecule has 1 aromatic heterocycles. The zero-order chi connectivity index (χ0) is 14.4. The largest absolute Gasteiger partial charge is 0.459 e. The molecule has 0 radical (unpaired) electrons. The van der Waals surface area contributed by atoms with Crippen LogP contribution in [0.2, 0.25) is 0 Å². The van der Waals surface area contributed by atoms with Crippen molar-refractivity contribution >= 4 is 11.0 Å². The molecule has 2 heteroatoms. The number of rotatable bonds is 5. The predicted octanol–water partition coefficient (Wildman–Crippen LogP) is 4.37. The number of benzene rings is 1. The molecule has 2 aliphatic carbocycles. The van der Waals surface area contributed by atoms with Gasteiger partial charge in [0, 0.05) is 17.0 Å². The maximum atomic E-state index is 6.24. The van der Waals surface area contributed by atoms with E-state index in [4.69, 9.17) is 4.42 Å². The molecule has 0 atom stereocenters. The van der Waals surface area contributed by atoms with Gasteiger partial charge in [0.2, 0.25) is 0 Å². The van der Waals surface area contributed by atoms with E-state index < -0.39 is 0 Å². The Kier molecular flexibility index (Phi) is 3.30. The lowest BCUT2D eigenvalue weighted by atomic mass is 9.97. The SMILES string of the molecule is CC(C)Cc1c(CNC2CC2)oc2cc3c(cc12)CCC3. The summed E-state index contributed by atoms with van der Waals surface area (Å²) in [7, 11) is 0. The quantitative estimate of drug-likeness (QED) is 0.881. The molecule has 21 heavy (non-hydrogen) atoms. The summed E-state index contributed by atoms with van der Waals surface area (Å²) >= 11 is 0. The molecule has 1 saturated carbocycles. The highest BCUT2D eigenvalue weighted by Gasteiger charge is 2.23. The van der Waals surface area contributed by atoms with Crippen molar-refractivity contribution in [1.82, 2.24) is 5.32 Å². The second-order valence-electron chi connectivity index (χ2n) is 7.23. The van der Waals surface area contributed by atoms with Gasteiger partial charge in [-0.25, -0.2) is 0 Å². The normalized spacial score (nSPS) is 17.9. The van der Waals surface area contributed by atoms with Crippen LogP contribution in [0.25, 0.3) is 11.0 Å². The third-order valence-electron chi connectivity index (χ3n) is 4.83. The van der Waals surface area contributed by atoms with Gasteiger partial charge in [-0.1, -0.05) is 13.8 Å². The zero-order valence-corrected chi connectivity index (χ0v) is 13.2. The number of aryl methyl sites for hydroxylation is 2. The Bertz CT molecular complexity index is 664. The summed E-state index contributed by atoms with van der Waals surface area (Å²) < 4.78 is 6.24. The summed E-state index contributed by atoms with van der Waals surface area (Å²) in [6, 6.07) is 5.46. The summed E-state index contributed by atoms with van der Waals surface area (Å²) in [4.78, 5) is 0. The van der Waals surface area contributed by atoms with Crippen molar-refractivity contribution in [2.45, 2.75) is 65.0 Å². The first-order chi connectivity index (χ1) is 10.2. The lowest BCUT2D eigenvalue weighted by molar-refractivity contribution is 0.499. The van der Waals surface area contributed by atoms with Crippen LogP contribution in [0, 0.1) is 5.92 Å². The number of hydrogen-bond acceptors (Lipinski definition) is 2. The Morgan fingerprint density at radius 2 is 1.95 bits per heavy atom. The van der Waals surface area contributed by atoms with E-state index in [0.717, 1.165) is 24.6 Å². The molecule has 1 heterocycles. The van der Waals surface area contributed by atoms with Crippen molar-refractivity contribution in [3.63, 3.8) is 0 Å². The smallest absolute Gasteiger partial charge is 0.134 e. The molecular formula is C19H25NO. The average Bonchev–Trinajstić information content (AvgIpc) is 3.07. The van der Waals surface area contributed by atoms with E-state index in [-0.39, 0.29) is 0 Å². The monoisotopic (exact) mass is 283 g/mol. The average molecular weight is 283 g/mol. The van der Waals surface area contributed by atoms with Gasteiger partial charge >= 0.3 is 0 Å². The second-order valence-corrected chi connectivity index (χ2v) is 7.23. The Hall–Kier alpha value is -1.28. The highest BCUT2D eigenvalue weighted by Crippen LogP contribution is 2.34. The van der Waals surface area contributed by atoms with E-state index in [1.54, 1.807) is 5.56 Å². The summed E-state index contributed by atoms with van der Waals surface area (Å²) in [6.45, 7) is 5.49. The van der Waals surface area contributed by atoms with Crippen LogP contribution in [-0.2, 0) is 25.8 Å². The molecular weight excluding hydrogens is 258 g/mol. The number of fused-ring (bicyclic) bond motifs is 2. The molecule has 0 aliphatic heterocycles. The van der Waals surface area contributed by atoms with Crippen molar-refractivity contribution in [3.8, 4) is 0 Å². The highest BCUT2D eigenvalue weighted by atomic mass is 16.3. The molecule has 0 spiro atoms. The fraction of sp³-hybridized carbons (Fsp3) is 0.579. The Balaban J connectivity index is 1.75. The van der Waals surface area contributed by atoms with E-state index in [1.807, 2.05) is 0 Å². The molecule has 2 aliphatic rings. The number of hydrogen-bond donors (Lipinski definition) is 1. The molecule has 0 unspecified atom stereocenters. The maximum Gasteiger partial charge on any atom is 0.134 e. The first-order valence-corrected chi connectivity index (χ1v) is 8.50. The van der Waals surface area contributed by atoms with Crippen LogP contribution in [0.4, 0.5) is 0 Å². The van der Waals surface area contributed by atoms with Crippen LogP contribution < -0.4 is 5.32 Å². The summed E-state index contributed by atoms with van der Waals surface area (Å²) in [5, 5.41) is 4.98. The van der Waals surface area contributed by atoms with Gasteiger partial charge < -0.3 is 9.73 Å². The van der Waals surface area contributed by atoms with Gasteiger partial charge in [-0.05, 0) is 67.7 Å². The van der Waals surface area contributed by atoms with E-state index in [1.165, 1.54) is 54.4 Å². The fourth-order valence-electron chi connectivity index (χ4n) is 3.57. The minimum Gasteiger partial charge on any atom is -0.459 e. The zero-order valence-electron chi connectivity index (χ0n) is 13.2. The molecule has 0 bridgehead atoms. The van der Waals surface area contributed by atoms with Crippen LogP contribution in [0.3, 0.4) is 0 Å². The summed E-state index contributed by atoms with van der Waals surface area (Å²) in [5.74, 6) is 1.84. The number of furan rings is 1. The van der Waals surface area contributed by atoms with Crippen LogP contribution in [0.5, 0.6) is 0 Å².